The Kier molecular flexibility index (Phi) is 8.07. The molecule has 0 bridgehead atoms. The van der Waals surface area contributed by atoms with E-state index in [-0.39, 0.29) is 18.4 Å². The molecule has 2 aromatic carbocycles. The average molecular weight is 466 g/mol. The largest absolute Gasteiger partial charge is 0.496 e. The smallest absolute Gasteiger partial charge is 0.333 e. The number of hydrogen-bond acceptors (Lipinski definition) is 5. The highest BCUT2D eigenvalue weighted by molar-refractivity contribution is 5.94. The first-order chi connectivity index (χ1) is 16.2. The zero-order chi connectivity index (χ0) is 24.8. The molecule has 1 heterocycles. The van der Waals surface area contributed by atoms with Crippen LogP contribution >= 0.6 is 0 Å². The predicted molar refractivity (Wildman–Crippen MR) is 129 cm³/mol. The summed E-state index contributed by atoms with van der Waals surface area (Å²) in [5, 5.41) is 17.0. The van der Waals surface area contributed by atoms with E-state index >= 15 is 0 Å². The molecule has 8 heteroatoms. The van der Waals surface area contributed by atoms with Crippen LogP contribution in [0.25, 0.3) is 11.3 Å². The van der Waals surface area contributed by atoms with Crippen molar-refractivity contribution in [2.24, 2.45) is 7.05 Å². The Bertz CT molecular complexity index is 1140. The van der Waals surface area contributed by atoms with E-state index in [1.807, 2.05) is 49.4 Å². The molecule has 0 aliphatic rings. The molecule has 0 aliphatic carbocycles. The number of nitrogens with zero attached hydrogens (tertiary/aromatic N) is 2. The van der Waals surface area contributed by atoms with Gasteiger partial charge >= 0.3 is 5.97 Å². The summed E-state index contributed by atoms with van der Waals surface area (Å²) in [5.74, 6) is -0.690. The van der Waals surface area contributed by atoms with Gasteiger partial charge in [-0.3, -0.25) is 9.48 Å². The minimum Gasteiger partial charge on any atom is -0.496 e. The topological polar surface area (TPSA) is 103 Å². The Morgan fingerprint density at radius 3 is 2.41 bits per heavy atom. The number of methoxy groups -OCH3 is 1. The van der Waals surface area contributed by atoms with Gasteiger partial charge in [-0.2, -0.15) is 5.10 Å². The molecule has 0 fully saturated rings. The summed E-state index contributed by atoms with van der Waals surface area (Å²) in [7, 11) is 3.29. The zero-order valence-electron chi connectivity index (χ0n) is 20.1. The highest BCUT2D eigenvalue weighted by Gasteiger charge is 2.23. The van der Waals surface area contributed by atoms with Crippen LogP contribution < -0.4 is 10.1 Å². The van der Waals surface area contributed by atoms with Gasteiger partial charge in [-0.25, -0.2) is 4.79 Å². The van der Waals surface area contributed by atoms with Gasteiger partial charge in [-0.15, -0.1) is 0 Å². The second kappa shape index (κ2) is 11.0. The SMILES string of the molecule is COc1ccc(CC(OC(C)C)C(=O)O)cc1C(C)NC(=O)c1cc(-c2ccccc2)nn1C. The summed E-state index contributed by atoms with van der Waals surface area (Å²) in [6.07, 6.45) is -0.971. The Morgan fingerprint density at radius 1 is 1.09 bits per heavy atom. The molecule has 2 atom stereocenters. The monoisotopic (exact) mass is 465 g/mol. The number of hydrogen-bond donors (Lipinski definition) is 2. The molecule has 3 aromatic rings. The molecule has 8 nitrogen and oxygen atoms in total. The number of carbonyl (C=O) groups is 2. The van der Waals surface area contributed by atoms with Crippen molar-refractivity contribution < 1.29 is 24.2 Å². The van der Waals surface area contributed by atoms with E-state index in [4.69, 9.17) is 9.47 Å². The van der Waals surface area contributed by atoms with E-state index in [1.165, 1.54) is 0 Å². The Labute approximate surface area is 199 Å². The average Bonchev–Trinajstić information content (AvgIpc) is 3.20. The number of carbonyl (C=O) groups excluding carboxylic acids is 1. The van der Waals surface area contributed by atoms with Crippen molar-refractivity contribution in [2.45, 2.75) is 45.4 Å². The molecule has 0 spiro atoms. The van der Waals surface area contributed by atoms with Crippen LogP contribution in [-0.2, 0) is 23.0 Å². The molecule has 1 aromatic heterocycles. The second-order valence-electron chi connectivity index (χ2n) is 8.39. The molecule has 1 amide bonds. The van der Waals surface area contributed by atoms with Crippen LogP contribution in [0.3, 0.4) is 0 Å². The lowest BCUT2D eigenvalue weighted by Crippen LogP contribution is -2.30. The quantitative estimate of drug-likeness (QED) is 0.469. The molecule has 0 aliphatic heterocycles. The highest BCUT2D eigenvalue weighted by Crippen LogP contribution is 2.28. The lowest BCUT2D eigenvalue weighted by atomic mass is 10.00. The van der Waals surface area contributed by atoms with Crippen LogP contribution in [0.2, 0.25) is 0 Å². The standard InChI is InChI=1S/C26H31N3O5/c1-16(2)34-24(26(31)32)14-18-11-12-23(33-5)20(13-18)17(3)27-25(30)22-15-21(28-29(22)4)19-9-7-6-8-10-19/h6-13,15-17,24H,14H2,1-5H3,(H,27,30)(H,31,32). The van der Waals surface area contributed by atoms with Gasteiger partial charge in [-0.05, 0) is 44.5 Å². The summed E-state index contributed by atoms with van der Waals surface area (Å²) < 4.78 is 12.6. The van der Waals surface area contributed by atoms with Gasteiger partial charge in [0.15, 0.2) is 6.10 Å². The maximum absolute atomic E-state index is 13.1. The number of carboxylic acids is 1. The molecule has 34 heavy (non-hydrogen) atoms. The number of nitrogens with one attached hydrogen (secondary N) is 1. The van der Waals surface area contributed by atoms with E-state index in [0.29, 0.717) is 17.1 Å². The lowest BCUT2D eigenvalue weighted by Gasteiger charge is -2.20. The molecular formula is C26H31N3O5. The van der Waals surface area contributed by atoms with Gasteiger partial charge < -0.3 is 19.9 Å². The third-order valence-corrected chi connectivity index (χ3v) is 5.42. The molecule has 2 unspecified atom stereocenters. The van der Waals surface area contributed by atoms with E-state index in [0.717, 1.165) is 16.7 Å². The number of benzene rings is 2. The summed E-state index contributed by atoms with van der Waals surface area (Å²) in [6, 6.07) is 16.4. The lowest BCUT2D eigenvalue weighted by molar-refractivity contribution is -0.153. The highest BCUT2D eigenvalue weighted by atomic mass is 16.5. The first-order valence-corrected chi connectivity index (χ1v) is 11.1. The van der Waals surface area contributed by atoms with Crippen molar-refractivity contribution in [1.29, 1.82) is 0 Å². The minimum atomic E-state index is -1.02. The van der Waals surface area contributed by atoms with Crippen LogP contribution in [0.1, 0.15) is 48.4 Å². The van der Waals surface area contributed by atoms with Crippen molar-refractivity contribution in [3.8, 4) is 17.0 Å². The molecule has 2 N–H and O–H groups in total. The Hall–Kier alpha value is -3.65. The van der Waals surface area contributed by atoms with Crippen LogP contribution in [0, 0.1) is 0 Å². The fraction of sp³-hybridized carbons (Fsp3) is 0.346. The zero-order valence-corrected chi connectivity index (χ0v) is 20.1. The van der Waals surface area contributed by atoms with Crippen LogP contribution in [0.5, 0.6) is 5.75 Å². The maximum atomic E-state index is 13.1. The molecule has 180 valence electrons. The van der Waals surface area contributed by atoms with Crippen molar-refractivity contribution in [3.63, 3.8) is 0 Å². The van der Waals surface area contributed by atoms with Gasteiger partial charge in [-0.1, -0.05) is 36.4 Å². The van der Waals surface area contributed by atoms with Gasteiger partial charge in [0.25, 0.3) is 5.91 Å². The van der Waals surface area contributed by atoms with E-state index in [9.17, 15) is 14.7 Å². The maximum Gasteiger partial charge on any atom is 0.333 e. The van der Waals surface area contributed by atoms with Crippen LogP contribution in [0.15, 0.2) is 54.6 Å². The summed E-state index contributed by atoms with van der Waals surface area (Å²) >= 11 is 0. The molecule has 0 radical (unpaired) electrons. The van der Waals surface area contributed by atoms with Crippen molar-refractivity contribution >= 4 is 11.9 Å². The van der Waals surface area contributed by atoms with Crippen LogP contribution in [-0.4, -0.2) is 46.1 Å². The number of rotatable bonds is 10. The van der Waals surface area contributed by atoms with Gasteiger partial charge in [0, 0.05) is 24.6 Å². The Balaban J connectivity index is 1.80. The van der Waals surface area contributed by atoms with Crippen LogP contribution in [0.4, 0.5) is 0 Å². The fourth-order valence-electron chi connectivity index (χ4n) is 3.76. The molecule has 0 saturated carbocycles. The minimum absolute atomic E-state index is 0.202. The number of amides is 1. The first-order valence-electron chi connectivity index (χ1n) is 11.1. The van der Waals surface area contributed by atoms with Gasteiger partial charge in [0.05, 0.1) is 24.9 Å². The molecule has 3 rings (SSSR count). The normalized spacial score (nSPS) is 12.9. The molecular weight excluding hydrogens is 434 g/mol. The predicted octanol–water partition coefficient (Wildman–Crippen LogP) is 4.01. The van der Waals surface area contributed by atoms with Gasteiger partial charge in [0.2, 0.25) is 0 Å². The number of carboxylic acid groups (broad SMARTS) is 1. The summed E-state index contributed by atoms with van der Waals surface area (Å²) in [5.41, 5.74) is 3.59. The second-order valence-corrected chi connectivity index (χ2v) is 8.39. The van der Waals surface area contributed by atoms with E-state index in [1.54, 1.807) is 44.8 Å². The Morgan fingerprint density at radius 2 is 1.79 bits per heavy atom. The van der Waals surface area contributed by atoms with Crippen molar-refractivity contribution in [2.75, 3.05) is 7.11 Å². The fourth-order valence-corrected chi connectivity index (χ4v) is 3.76. The van der Waals surface area contributed by atoms with Gasteiger partial charge in [0.1, 0.15) is 11.4 Å². The number of ether oxygens (including phenoxy) is 2. The third kappa shape index (κ3) is 6.02. The number of aromatic nitrogens is 2. The van der Waals surface area contributed by atoms with Crippen molar-refractivity contribution in [1.82, 2.24) is 15.1 Å². The van der Waals surface area contributed by atoms with Crippen molar-refractivity contribution in [3.05, 3.63) is 71.4 Å². The molecule has 0 saturated heterocycles. The summed E-state index contributed by atoms with van der Waals surface area (Å²) in [6.45, 7) is 5.45. The number of aryl methyl sites for hydroxylation is 1. The van der Waals surface area contributed by atoms with E-state index < -0.39 is 18.1 Å². The third-order valence-electron chi connectivity index (χ3n) is 5.42. The summed E-state index contributed by atoms with van der Waals surface area (Å²) in [4.78, 5) is 24.7. The van der Waals surface area contributed by atoms with E-state index in [2.05, 4.69) is 10.4 Å². The first kappa shape index (κ1) is 25.0. The number of aliphatic carboxylic acids is 1.